The van der Waals surface area contributed by atoms with Gasteiger partial charge in [0.1, 0.15) is 23.2 Å². The van der Waals surface area contributed by atoms with Gasteiger partial charge in [-0.1, -0.05) is 60.7 Å². The van der Waals surface area contributed by atoms with Crippen LogP contribution in [0.2, 0.25) is 0 Å². The topological polar surface area (TPSA) is 0 Å². The van der Waals surface area contributed by atoms with E-state index in [4.69, 9.17) is 0 Å². The van der Waals surface area contributed by atoms with Crippen molar-refractivity contribution in [2.24, 2.45) is 0 Å². The molecule has 0 aromatic heterocycles. The molecule has 0 spiro atoms. The Kier molecular flexibility index (Phi) is 5.62. The van der Waals surface area contributed by atoms with Crippen molar-refractivity contribution < 1.29 is 0 Å². The monoisotopic (exact) mass is 331 g/mol. The van der Waals surface area contributed by atoms with Gasteiger partial charge in [0.15, 0.2) is 0 Å². The summed E-state index contributed by atoms with van der Waals surface area (Å²) in [5.74, 6) is 0. The highest BCUT2D eigenvalue weighted by Crippen LogP contribution is 2.55. The number of hydrogen-bond acceptors (Lipinski definition) is 0. The number of benzene rings is 3. The molecule has 0 saturated heterocycles. The van der Waals surface area contributed by atoms with Crippen LogP contribution in [0.25, 0.3) is 0 Å². The van der Waals surface area contributed by atoms with Gasteiger partial charge in [0.05, 0.1) is 6.16 Å². The first kappa shape index (κ1) is 16.7. The van der Waals surface area contributed by atoms with Crippen LogP contribution in [0.4, 0.5) is 0 Å². The van der Waals surface area contributed by atoms with Crippen molar-refractivity contribution >= 4 is 23.2 Å². The fourth-order valence-electron chi connectivity index (χ4n) is 3.35. The molecule has 0 radical (unpaired) electrons. The third-order valence-corrected chi connectivity index (χ3v) is 9.02. The lowest BCUT2D eigenvalue weighted by Crippen LogP contribution is -2.33. The van der Waals surface area contributed by atoms with Crippen molar-refractivity contribution in [3.63, 3.8) is 0 Å². The van der Waals surface area contributed by atoms with Gasteiger partial charge in [0.2, 0.25) is 0 Å². The molecule has 0 unspecified atom stereocenters. The van der Waals surface area contributed by atoms with E-state index in [2.05, 4.69) is 97.6 Å². The maximum Gasteiger partial charge on any atom is 0.112 e. The van der Waals surface area contributed by atoms with Gasteiger partial charge in [0.25, 0.3) is 0 Å². The fourth-order valence-corrected chi connectivity index (χ4v) is 7.72. The van der Waals surface area contributed by atoms with Crippen molar-refractivity contribution in [1.29, 1.82) is 0 Å². The number of allylic oxidation sites excluding steroid dienone is 1. The average Bonchev–Trinajstić information content (AvgIpc) is 2.68. The molecule has 24 heavy (non-hydrogen) atoms. The van der Waals surface area contributed by atoms with Crippen molar-refractivity contribution in [3.8, 4) is 0 Å². The zero-order valence-corrected chi connectivity index (χ0v) is 14.9. The quantitative estimate of drug-likeness (QED) is 0.326. The second kappa shape index (κ2) is 8.08. The van der Waals surface area contributed by atoms with Gasteiger partial charge in [-0.25, -0.2) is 0 Å². The summed E-state index contributed by atoms with van der Waals surface area (Å²) >= 11 is 0. The van der Waals surface area contributed by atoms with E-state index in [0.29, 0.717) is 0 Å². The lowest BCUT2D eigenvalue weighted by Gasteiger charge is -2.27. The molecular formula is C23H24P+. The minimum absolute atomic E-state index is 1.06. The molecule has 0 N–H and O–H groups in total. The zero-order valence-electron chi connectivity index (χ0n) is 14.0. The van der Waals surface area contributed by atoms with Crippen LogP contribution in [-0.4, -0.2) is 6.16 Å². The van der Waals surface area contributed by atoms with Crippen LogP contribution in [0.5, 0.6) is 0 Å². The highest BCUT2D eigenvalue weighted by atomic mass is 31.2. The molecule has 120 valence electrons. The van der Waals surface area contributed by atoms with Gasteiger partial charge >= 0.3 is 0 Å². The number of rotatable bonds is 7. The van der Waals surface area contributed by atoms with E-state index in [1.807, 2.05) is 6.08 Å². The molecule has 0 aliphatic heterocycles. The van der Waals surface area contributed by atoms with Crippen LogP contribution in [0, 0.1) is 0 Å². The van der Waals surface area contributed by atoms with E-state index >= 15 is 0 Å². The van der Waals surface area contributed by atoms with Gasteiger partial charge < -0.3 is 0 Å². The Morgan fingerprint density at radius 2 is 1.00 bits per heavy atom. The Morgan fingerprint density at radius 3 is 1.33 bits per heavy atom. The predicted molar refractivity (Wildman–Crippen MR) is 109 cm³/mol. The molecule has 0 amide bonds. The molecule has 0 fully saturated rings. The molecule has 0 aliphatic carbocycles. The summed E-state index contributed by atoms with van der Waals surface area (Å²) in [5, 5.41) is 4.39. The minimum atomic E-state index is -1.63. The second-order valence-electron chi connectivity index (χ2n) is 5.97. The van der Waals surface area contributed by atoms with Crippen LogP contribution >= 0.6 is 7.26 Å². The molecule has 0 aliphatic rings. The highest BCUT2D eigenvalue weighted by Gasteiger charge is 2.44. The third-order valence-electron chi connectivity index (χ3n) is 4.49. The molecule has 3 rings (SSSR count). The molecular weight excluding hydrogens is 307 g/mol. The van der Waals surface area contributed by atoms with Crippen LogP contribution in [0.15, 0.2) is 104 Å². The summed E-state index contributed by atoms with van der Waals surface area (Å²) in [4.78, 5) is 0. The summed E-state index contributed by atoms with van der Waals surface area (Å²) in [6, 6.07) is 33.2. The third kappa shape index (κ3) is 3.35. The first-order chi connectivity index (χ1) is 11.9. The van der Waals surface area contributed by atoms with Crippen molar-refractivity contribution in [3.05, 3.63) is 104 Å². The van der Waals surface area contributed by atoms with Gasteiger partial charge in [-0.15, -0.1) is 6.58 Å². The predicted octanol–water partition coefficient (Wildman–Crippen LogP) is 4.95. The Morgan fingerprint density at radius 1 is 0.625 bits per heavy atom. The van der Waals surface area contributed by atoms with Gasteiger partial charge in [-0.3, -0.25) is 0 Å². The minimum Gasteiger partial charge on any atom is -0.103 e. The average molecular weight is 331 g/mol. The SMILES string of the molecule is C=CCCC[P+](c1ccccc1)(c1ccccc1)c1ccccc1. The van der Waals surface area contributed by atoms with Crippen molar-refractivity contribution in [1.82, 2.24) is 0 Å². The molecule has 0 bridgehead atoms. The fraction of sp³-hybridized carbons (Fsp3) is 0.130. The molecule has 1 heteroatoms. The molecule has 0 saturated carbocycles. The zero-order chi connectivity index (χ0) is 16.7. The first-order valence-corrected chi connectivity index (χ1v) is 10.5. The first-order valence-electron chi connectivity index (χ1n) is 8.54. The van der Waals surface area contributed by atoms with Gasteiger partial charge in [-0.05, 0) is 49.2 Å². The molecule has 0 atom stereocenters. The normalized spacial score (nSPS) is 11.2. The Hall–Kier alpha value is -2.17. The Bertz CT molecular complexity index is 651. The van der Waals surface area contributed by atoms with Crippen LogP contribution < -0.4 is 15.9 Å². The smallest absolute Gasteiger partial charge is 0.103 e. The van der Waals surface area contributed by atoms with Crippen molar-refractivity contribution in [2.75, 3.05) is 6.16 Å². The summed E-state index contributed by atoms with van der Waals surface area (Å²) in [6.45, 7) is 3.91. The van der Waals surface area contributed by atoms with Crippen LogP contribution in [0.1, 0.15) is 12.8 Å². The number of unbranched alkanes of at least 4 members (excludes halogenated alkanes) is 1. The molecule has 3 aromatic rings. The molecule has 0 nitrogen and oxygen atoms in total. The largest absolute Gasteiger partial charge is 0.112 e. The lowest BCUT2D eigenvalue weighted by molar-refractivity contribution is 0.968. The highest BCUT2D eigenvalue weighted by molar-refractivity contribution is 7.95. The van der Waals surface area contributed by atoms with E-state index < -0.39 is 7.26 Å². The Labute approximate surface area is 146 Å². The van der Waals surface area contributed by atoms with E-state index in [-0.39, 0.29) is 0 Å². The Balaban J connectivity index is 2.22. The standard InChI is InChI=1S/C23H24P/c1-2-3-13-20-24(21-14-7-4-8-15-21,22-16-9-5-10-17-22)23-18-11-6-12-19-23/h2,4-12,14-19H,1,3,13,20H2/q+1. The van der Waals surface area contributed by atoms with E-state index in [1.165, 1.54) is 22.1 Å². The summed E-state index contributed by atoms with van der Waals surface area (Å²) in [5.41, 5.74) is 0. The van der Waals surface area contributed by atoms with E-state index in [1.54, 1.807) is 0 Å². The second-order valence-corrected chi connectivity index (χ2v) is 9.59. The molecule has 3 aromatic carbocycles. The summed E-state index contributed by atoms with van der Waals surface area (Å²) in [6.07, 6.45) is 5.44. The van der Waals surface area contributed by atoms with Crippen LogP contribution in [-0.2, 0) is 0 Å². The van der Waals surface area contributed by atoms with E-state index in [0.717, 1.165) is 12.8 Å². The summed E-state index contributed by atoms with van der Waals surface area (Å²) in [7, 11) is -1.63. The van der Waals surface area contributed by atoms with Crippen LogP contribution in [0.3, 0.4) is 0 Å². The maximum atomic E-state index is 3.91. The van der Waals surface area contributed by atoms with Gasteiger partial charge in [0, 0.05) is 0 Å². The lowest BCUT2D eigenvalue weighted by atomic mass is 10.3. The maximum absolute atomic E-state index is 3.91. The number of hydrogen-bond donors (Lipinski definition) is 0. The summed E-state index contributed by atoms with van der Waals surface area (Å²) < 4.78 is 0. The molecule has 0 heterocycles. The van der Waals surface area contributed by atoms with E-state index in [9.17, 15) is 0 Å². The van der Waals surface area contributed by atoms with Crippen molar-refractivity contribution in [2.45, 2.75) is 12.8 Å². The van der Waals surface area contributed by atoms with Gasteiger partial charge in [-0.2, -0.15) is 0 Å².